The van der Waals surface area contributed by atoms with Gasteiger partial charge in [0.1, 0.15) is 5.69 Å². The highest BCUT2D eigenvalue weighted by atomic mass is 32.1. The summed E-state index contributed by atoms with van der Waals surface area (Å²) in [6.07, 6.45) is 4.83. The molecule has 0 aliphatic heterocycles. The maximum Gasteiger partial charge on any atom is 0.254 e. The largest absolute Gasteiger partial charge is 0.277 e. The lowest BCUT2D eigenvalue weighted by Gasteiger charge is -1.77. The van der Waals surface area contributed by atoms with E-state index in [1.54, 1.807) is 10.9 Å². The van der Waals surface area contributed by atoms with Crippen LogP contribution in [0.3, 0.4) is 0 Å². The van der Waals surface area contributed by atoms with Gasteiger partial charge in [0.2, 0.25) is 0 Å². The fraction of sp³-hybridized carbons (Fsp3) is 0. The zero-order valence-electron chi connectivity index (χ0n) is 4.50. The molecule has 0 atom stereocenters. The quantitative estimate of drug-likeness (QED) is 0.328. The highest BCUT2D eigenvalue weighted by Crippen LogP contribution is 2.00. The number of thiazole rings is 1. The third-order valence-electron chi connectivity index (χ3n) is 0.796. The van der Waals surface area contributed by atoms with Crippen molar-refractivity contribution >= 4 is 17.1 Å². The van der Waals surface area contributed by atoms with Gasteiger partial charge in [-0.3, -0.25) is 4.79 Å². The highest BCUT2D eigenvalue weighted by molar-refractivity contribution is 7.07. The number of terminal acetylenes is 1. The van der Waals surface area contributed by atoms with Crippen molar-refractivity contribution in [2.45, 2.75) is 0 Å². The molecule has 9 heavy (non-hydrogen) atoms. The Morgan fingerprint density at radius 2 is 2.67 bits per heavy atom. The number of rotatable bonds is 1. The van der Waals surface area contributed by atoms with Gasteiger partial charge in [-0.15, -0.1) is 17.8 Å². The first-order valence-corrected chi connectivity index (χ1v) is 3.18. The van der Waals surface area contributed by atoms with Gasteiger partial charge in [0.05, 0.1) is 5.51 Å². The first-order chi connectivity index (χ1) is 4.34. The Kier molecular flexibility index (Phi) is 1.61. The maximum atomic E-state index is 10.6. The van der Waals surface area contributed by atoms with E-state index in [1.165, 1.54) is 11.3 Å². The lowest BCUT2D eigenvalue weighted by Crippen LogP contribution is -1.92. The molecule has 0 bridgehead atoms. The number of carbonyl (C=O) groups excluding carboxylic acids is 1. The molecule has 3 heteroatoms. The molecule has 1 aromatic heterocycles. The Morgan fingerprint density at radius 3 is 3.11 bits per heavy atom. The van der Waals surface area contributed by atoms with E-state index in [1.807, 2.05) is 5.92 Å². The van der Waals surface area contributed by atoms with Crippen LogP contribution in [0.1, 0.15) is 10.5 Å². The topological polar surface area (TPSA) is 30.0 Å². The number of hydrogen-bond donors (Lipinski definition) is 0. The van der Waals surface area contributed by atoms with Crippen molar-refractivity contribution in [1.82, 2.24) is 4.98 Å². The van der Waals surface area contributed by atoms with Crippen LogP contribution in [0.25, 0.3) is 0 Å². The molecule has 0 fully saturated rings. The number of aromatic nitrogens is 1. The SMILES string of the molecule is C#CC(=O)c1cscn1. The highest BCUT2D eigenvalue weighted by Gasteiger charge is 2.00. The Labute approximate surface area is 56.5 Å². The van der Waals surface area contributed by atoms with Crippen LogP contribution in [0.15, 0.2) is 10.9 Å². The molecule has 0 saturated heterocycles. The summed E-state index contributed by atoms with van der Waals surface area (Å²) in [7, 11) is 0. The van der Waals surface area contributed by atoms with Crippen molar-refractivity contribution < 1.29 is 4.79 Å². The molecule has 1 heterocycles. The van der Waals surface area contributed by atoms with Crippen molar-refractivity contribution in [2.24, 2.45) is 0 Å². The Bertz CT molecular complexity index is 245. The van der Waals surface area contributed by atoms with Crippen LogP contribution in [-0.4, -0.2) is 10.8 Å². The molecule has 0 spiro atoms. The van der Waals surface area contributed by atoms with Crippen molar-refractivity contribution in [3.8, 4) is 12.3 Å². The van der Waals surface area contributed by atoms with E-state index < -0.39 is 0 Å². The Balaban J connectivity index is 2.93. The van der Waals surface area contributed by atoms with Crippen LogP contribution >= 0.6 is 11.3 Å². The minimum absolute atomic E-state index is 0.351. The molecule has 2 nitrogen and oxygen atoms in total. The molecule has 1 aromatic rings. The van der Waals surface area contributed by atoms with Gasteiger partial charge in [-0.05, 0) is 5.92 Å². The molecule has 0 N–H and O–H groups in total. The molecule has 0 aromatic carbocycles. The van der Waals surface area contributed by atoms with Gasteiger partial charge in [0, 0.05) is 5.38 Å². The van der Waals surface area contributed by atoms with E-state index in [9.17, 15) is 4.79 Å². The van der Waals surface area contributed by atoms with E-state index in [2.05, 4.69) is 4.98 Å². The molecule has 0 saturated carbocycles. The number of Topliss-reactive ketones (excluding diaryl/α,β-unsaturated/α-hetero) is 1. The first kappa shape index (κ1) is 5.99. The maximum absolute atomic E-state index is 10.6. The Hall–Kier alpha value is -1.14. The fourth-order valence-corrected chi connectivity index (χ4v) is 0.931. The third kappa shape index (κ3) is 1.15. The summed E-state index contributed by atoms with van der Waals surface area (Å²) in [5.41, 5.74) is 1.94. The van der Waals surface area contributed by atoms with Gasteiger partial charge in [0.15, 0.2) is 0 Å². The fourth-order valence-electron chi connectivity index (χ4n) is 0.399. The number of ketones is 1. The minimum atomic E-state index is -0.351. The van der Waals surface area contributed by atoms with Crippen molar-refractivity contribution in [1.29, 1.82) is 0 Å². The van der Waals surface area contributed by atoms with Gasteiger partial charge in [-0.1, -0.05) is 0 Å². The van der Waals surface area contributed by atoms with E-state index in [0.717, 1.165) is 0 Å². The summed E-state index contributed by atoms with van der Waals surface area (Å²) >= 11 is 1.36. The summed E-state index contributed by atoms with van der Waals surface area (Å²) in [6.45, 7) is 0. The summed E-state index contributed by atoms with van der Waals surface area (Å²) in [6, 6.07) is 0. The molecular weight excluding hydrogens is 134 g/mol. The normalized spacial score (nSPS) is 8.33. The van der Waals surface area contributed by atoms with Gasteiger partial charge in [-0.2, -0.15) is 0 Å². The lowest BCUT2D eigenvalue weighted by molar-refractivity contribution is 0.105. The number of carbonyl (C=O) groups is 1. The molecule has 0 amide bonds. The van der Waals surface area contributed by atoms with Crippen LogP contribution in [0.4, 0.5) is 0 Å². The zero-order chi connectivity index (χ0) is 6.69. The van der Waals surface area contributed by atoms with Crippen LogP contribution < -0.4 is 0 Å². The van der Waals surface area contributed by atoms with Gasteiger partial charge in [-0.25, -0.2) is 4.98 Å². The molecule has 0 aliphatic carbocycles. The predicted molar refractivity (Wildman–Crippen MR) is 35.3 cm³/mol. The summed E-state index contributed by atoms with van der Waals surface area (Å²) in [4.78, 5) is 14.3. The summed E-state index contributed by atoms with van der Waals surface area (Å²) < 4.78 is 0. The average molecular weight is 137 g/mol. The molecule has 44 valence electrons. The first-order valence-electron chi connectivity index (χ1n) is 2.23. The third-order valence-corrected chi connectivity index (χ3v) is 1.38. The predicted octanol–water partition coefficient (Wildman–Crippen LogP) is 0.959. The van der Waals surface area contributed by atoms with Gasteiger partial charge < -0.3 is 0 Å². The van der Waals surface area contributed by atoms with Crippen LogP contribution in [0, 0.1) is 12.3 Å². The lowest BCUT2D eigenvalue weighted by atomic mass is 10.3. The average Bonchev–Trinajstić information content (AvgIpc) is 2.37. The number of hydrogen-bond acceptors (Lipinski definition) is 3. The Morgan fingerprint density at radius 1 is 1.89 bits per heavy atom. The molecule has 0 aliphatic rings. The standard InChI is InChI=1S/C6H3NOS/c1-2-6(8)5-3-9-4-7-5/h1,3-4H. The van der Waals surface area contributed by atoms with E-state index >= 15 is 0 Å². The summed E-state index contributed by atoms with van der Waals surface area (Å²) in [5.74, 6) is 1.62. The second-order valence-electron chi connectivity index (χ2n) is 1.35. The van der Waals surface area contributed by atoms with E-state index in [-0.39, 0.29) is 5.78 Å². The minimum Gasteiger partial charge on any atom is -0.277 e. The van der Waals surface area contributed by atoms with E-state index in [0.29, 0.717) is 5.69 Å². The van der Waals surface area contributed by atoms with Gasteiger partial charge in [0.25, 0.3) is 5.78 Å². The van der Waals surface area contributed by atoms with Crippen LogP contribution in [0.5, 0.6) is 0 Å². The second-order valence-corrected chi connectivity index (χ2v) is 2.07. The smallest absolute Gasteiger partial charge is 0.254 e. The molecule has 0 unspecified atom stereocenters. The second kappa shape index (κ2) is 2.42. The van der Waals surface area contributed by atoms with Crippen molar-refractivity contribution in [3.05, 3.63) is 16.6 Å². The van der Waals surface area contributed by atoms with Crippen molar-refractivity contribution in [3.63, 3.8) is 0 Å². The van der Waals surface area contributed by atoms with Crippen LogP contribution in [0.2, 0.25) is 0 Å². The molecular formula is C6H3NOS. The van der Waals surface area contributed by atoms with Crippen LogP contribution in [-0.2, 0) is 0 Å². The zero-order valence-corrected chi connectivity index (χ0v) is 5.31. The molecule has 1 rings (SSSR count). The van der Waals surface area contributed by atoms with E-state index in [4.69, 9.17) is 6.42 Å². The summed E-state index contributed by atoms with van der Waals surface area (Å²) in [5, 5.41) is 1.63. The molecule has 0 radical (unpaired) electrons. The van der Waals surface area contributed by atoms with Crippen molar-refractivity contribution in [2.75, 3.05) is 0 Å². The monoisotopic (exact) mass is 137 g/mol. The number of nitrogens with zero attached hydrogens (tertiary/aromatic N) is 1. The van der Waals surface area contributed by atoms with Gasteiger partial charge >= 0.3 is 0 Å².